The van der Waals surface area contributed by atoms with Crippen molar-refractivity contribution >= 4 is 11.6 Å². The van der Waals surface area contributed by atoms with Crippen molar-refractivity contribution in [2.45, 2.75) is 0 Å². The summed E-state index contributed by atoms with van der Waals surface area (Å²) >= 11 is 0. The highest BCUT2D eigenvalue weighted by Gasteiger charge is 2.14. The normalized spacial score (nSPS) is 9.65. The molecule has 0 radical (unpaired) electrons. The fourth-order valence-corrected chi connectivity index (χ4v) is 1.18. The summed E-state index contributed by atoms with van der Waals surface area (Å²) in [4.78, 5) is 11.5. The van der Waals surface area contributed by atoms with Crippen LogP contribution in [-0.2, 0) is 0 Å². The summed E-state index contributed by atoms with van der Waals surface area (Å²) in [7, 11) is 0. The van der Waals surface area contributed by atoms with Crippen molar-refractivity contribution in [3.63, 3.8) is 0 Å². The summed E-state index contributed by atoms with van der Waals surface area (Å²) < 4.78 is 13.2. The molecule has 84 valence electrons. The molecule has 0 saturated carbocycles. The minimum atomic E-state index is -0.710. The molecular formula is C9H5FN6O. The van der Waals surface area contributed by atoms with E-state index in [1.54, 1.807) is 6.07 Å². The number of benzene rings is 1. The number of hydrogen-bond donors (Lipinski definition) is 2. The maximum absolute atomic E-state index is 13.2. The number of nitriles is 1. The van der Waals surface area contributed by atoms with Gasteiger partial charge in [0.25, 0.3) is 11.7 Å². The van der Waals surface area contributed by atoms with Crippen LogP contribution in [0.2, 0.25) is 0 Å². The van der Waals surface area contributed by atoms with E-state index in [2.05, 4.69) is 25.9 Å². The van der Waals surface area contributed by atoms with Crippen LogP contribution in [0.3, 0.4) is 0 Å². The number of carbonyl (C=O) groups is 1. The molecule has 0 unspecified atom stereocenters. The van der Waals surface area contributed by atoms with Gasteiger partial charge in [0.05, 0.1) is 5.69 Å². The van der Waals surface area contributed by atoms with Gasteiger partial charge in [-0.25, -0.2) is 4.39 Å². The Morgan fingerprint density at radius 1 is 1.53 bits per heavy atom. The fraction of sp³-hybridized carbons (Fsp3) is 0. The van der Waals surface area contributed by atoms with Gasteiger partial charge in [-0.3, -0.25) is 4.79 Å². The van der Waals surface area contributed by atoms with Crippen molar-refractivity contribution in [2.24, 2.45) is 0 Å². The SMILES string of the molecule is N#Cc1c(F)cccc1NC(=O)c1nn[nH]n1. The van der Waals surface area contributed by atoms with E-state index >= 15 is 0 Å². The van der Waals surface area contributed by atoms with Crippen LogP contribution in [0.5, 0.6) is 0 Å². The molecule has 17 heavy (non-hydrogen) atoms. The lowest BCUT2D eigenvalue weighted by Crippen LogP contribution is -2.15. The lowest BCUT2D eigenvalue weighted by molar-refractivity contribution is 0.101. The third-order valence-corrected chi connectivity index (χ3v) is 1.92. The molecule has 0 fully saturated rings. The minimum absolute atomic E-state index is 0.0577. The number of nitrogens with one attached hydrogen (secondary N) is 2. The Morgan fingerprint density at radius 3 is 3.00 bits per heavy atom. The summed E-state index contributed by atoms with van der Waals surface area (Å²) in [5.74, 6) is -1.59. The van der Waals surface area contributed by atoms with Crippen molar-refractivity contribution in [3.8, 4) is 6.07 Å². The van der Waals surface area contributed by atoms with E-state index in [0.717, 1.165) is 6.07 Å². The van der Waals surface area contributed by atoms with E-state index in [1.807, 2.05) is 0 Å². The quantitative estimate of drug-likeness (QED) is 0.782. The Morgan fingerprint density at radius 2 is 2.35 bits per heavy atom. The lowest BCUT2D eigenvalue weighted by atomic mass is 10.2. The molecule has 0 aliphatic carbocycles. The maximum Gasteiger partial charge on any atom is 0.297 e. The number of aromatic nitrogens is 4. The monoisotopic (exact) mass is 232 g/mol. The van der Waals surface area contributed by atoms with Crippen molar-refractivity contribution in [1.29, 1.82) is 5.26 Å². The zero-order chi connectivity index (χ0) is 12.3. The highest BCUT2D eigenvalue weighted by atomic mass is 19.1. The summed E-state index contributed by atoms with van der Waals surface area (Å²) in [6, 6.07) is 5.57. The molecule has 0 bridgehead atoms. The molecule has 0 saturated heterocycles. The Hall–Kier alpha value is -2.82. The van der Waals surface area contributed by atoms with Gasteiger partial charge in [0, 0.05) is 0 Å². The Bertz CT molecular complexity index is 588. The van der Waals surface area contributed by atoms with Crippen LogP contribution in [0.4, 0.5) is 10.1 Å². The molecule has 0 atom stereocenters. The van der Waals surface area contributed by atoms with Crippen molar-refractivity contribution in [2.75, 3.05) is 5.32 Å². The Kier molecular flexibility index (Phi) is 2.74. The largest absolute Gasteiger partial charge is 0.318 e. The molecule has 1 heterocycles. The van der Waals surface area contributed by atoms with E-state index < -0.39 is 11.7 Å². The number of nitrogens with zero attached hydrogens (tertiary/aromatic N) is 4. The zero-order valence-corrected chi connectivity index (χ0v) is 8.31. The topological polar surface area (TPSA) is 107 Å². The average molecular weight is 232 g/mol. The summed E-state index contributed by atoms with van der Waals surface area (Å²) in [5, 5.41) is 23.3. The van der Waals surface area contributed by atoms with Crippen LogP contribution in [0.15, 0.2) is 18.2 Å². The molecule has 2 aromatic rings. The standard InChI is InChI=1S/C9H5FN6O/c10-6-2-1-3-7(5(6)4-11)12-9(17)8-13-15-16-14-8/h1-3H,(H,12,17)(H,13,14,15,16). The number of halogens is 1. The van der Waals surface area contributed by atoms with Crippen LogP contribution in [0, 0.1) is 17.1 Å². The van der Waals surface area contributed by atoms with Gasteiger partial charge in [-0.05, 0) is 17.3 Å². The second kappa shape index (κ2) is 4.36. The van der Waals surface area contributed by atoms with Crippen LogP contribution < -0.4 is 5.32 Å². The number of H-pyrrole nitrogens is 1. The number of aromatic amines is 1. The van der Waals surface area contributed by atoms with Crippen LogP contribution >= 0.6 is 0 Å². The summed E-state index contributed by atoms with van der Waals surface area (Å²) in [6.07, 6.45) is 0. The Labute approximate surface area is 94.3 Å². The number of tetrazole rings is 1. The highest BCUT2D eigenvalue weighted by Crippen LogP contribution is 2.17. The molecule has 1 aromatic carbocycles. The van der Waals surface area contributed by atoms with Gasteiger partial charge in [0.1, 0.15) is 17.4 Å². The molecule has 2 N–H and O–H groups in total. The molecule has 1 aromatic heterocycles. The van der Waals surface area contributed by atoms with E-state index in [9.17, 15) is 9.18 Å². The number of carbonyl (C=O) groups excluding carboxylic acids is 1. The van der Waals surface area contributed by atoms with E-state index in [1.165, 1.54) is 12.1 Å². The van der Waals surface area contributed by atoms with Gasteiger partial charge in [-0.2, -0.15) is 10.5 Å². The van der Waals surface area contributed by atoms with Crippen molar-refractivity contribution in [3.05, 3.63) is 35.4 Å². The molecule has 2 rings (SSSR count). The number of amides is 1. The third-order valence-electron chi connectivity index (χ3n) is 1.92. The van der Waals surface area contributed by atoms with E-state index in [0.29, 0.717) is 0 Å². The van der Waals surface area contributed by atoms with E-state index in [-0.39, 0.29) is 17.1 Å². The first kappa shape index (κ1) is 10.7. The zero-order valence-electron chi connectivity index (χ0n) is 8.31. The number of anilines is 1. The summed E-state index contributed by atoms with van der Waals surface area (Å²) in [5.41, 5.74) is -0.188. The molecule has 0 aliphatic rings. The average Bonchev–Trinajstić information content (AvgIpc) is 2.82. The second-order valence-electron chi connectivity index (χ2n) is 2.96. The van der Waals surface area contributed by atoms with Crippen molar-refractivity contribution in [1.82, 2.24) is 20.6 Å². The summed E-state index contributed by atoms with van der Waals surface area (Å²) in [6.45, 7) is 0. The van der Waals surface area contributed by atoms with Gasteiger partial charge in [0.15, 0.2) is 0 Å². The second-order valence-corrected chi connectivity index (χ2v) is 2.96. The molecule has 0 spiro atoms. The van der Waals surface area contributed by atoms with Gasteiger partial charge in [-0.1, -0.05) is 6.07 Å². The predicted molar refractivity (Wildman–Crippen MR) is 53.2 cm³/mol. The first-order valence-corrected chi connectivity index (χ1v) is 4.46. The number of rotatable bonds is 2. The van der Waals surface area contributed by atoms with Gasteiger partial charge < -0.3 is 5.32 Å². The van der Waals surface area contributed by atoms with Gasteiger partial charge in [0.2, 0.25) is 0 Å². The van der Waals surface area contributed by atoms with Gasteiger partial charge >= 0.3 is 0 Å². The molecule has 1 amide bonds. The van der Waals surface area contributed by atoms with Gasteiger partial charge in [-0.15, -0.1) is 10.2 Å². The molecule has 8 heteroatoms. The lowest BCUT2D eigenvalue weighted by Gasteiger charge is -2.04. The maximum atomic E-state index is 13.2. The van der Waals surface area contributed by atoms with Crippen LogP contribution in [0.25, 0.3) is 0 Å². The fourth-order valence-electron chi connectivity index (χ4n) is 1.18. The van der Waals surface area contributed by atoms with Crippen LogP contribution in [-0.4, -0.2) is 26.5 Å². The first-order chi connectivity index (χ1) is 8.22. The minimum Gasteiger partial charge on any atom is -0.318 e. The third kappa shape index (κ3) is 2.07. The number of hydrogen-bond acceptors (Lipinski definition) is 5. The first-order valence-electron chi connectivity index (χ1n) is 4.46. The molecule has 0 aliphatic heterocycles. The van der Waals surface area contributed by atoms with E-state index in [4.69, 9.17) is 5.26 Å². The molecular weight excluding hydrogens is 227 g/mol. The highest BCUT2D eigenvalue weighted by molar-refractivity contribution is 6.02. The molecule has 7 nitrogen and oxygen atoms in total. The smallest absolute Gasteiger partial charge is 0.297 e. The predicted octanol–water partition coefficient (Wildman–Crippen LogP) is 0.463. The Balaban J connectivity index is 2.29. The van der Waals surface area contributed by atoms with Crippen molar-refractivity contribution < 1.29 is 9.18 Å². The van der Waals surface area contributed by atoms with Crippen LogP contribution in [0.1, 0.15) is 16.2 Å².